The largest absolute Gasteiger partial charge is 0.371 e. The molecule has 3 amide bonds. The van der Waals surface area contributed by atoms with Crippen molar-refractivity contribution < 1.29 is 9.59 Å². The Morgan fingerprint density at radius 2 is 1.65 bits per heavy atom. The lowest BCUT2D eigenvalue weighted by Gasteiger charge is -2.30. The van der Waals surface area contributed by atoms with Crippen LogP contribution in [0.2, 0.25) is 10.0 Å². The maximum absolute atomic E-state index is 13.2. The summed E-state index contributed by atoms with van der Waals surface area (Å²) in [5.74, 6) is -0.210. The molecule has 0 radical (unpaired) electrons. The van der Waals surface area contributed by atoms with E-state index in [1.54, 1.807) is 42.7 Å². The summed E-state index contributed by atoms with van der Waals surface area (Å²) < 4.78 is 0. The van der Waals surface area contributed by atoms with Crippen LogP contribution in [-0.4, -0.2) is 30.0 Å². The highest BCUT2D eigenvalue weighted by molar-refractivity contribution is 6.42. The first-order valence-corrected chi connectivity index (χ1v) is 11.8. The summed E-state index contributed by atoms with van der Waals surface area (Å²) in [7, 11) is 0. The number of hydrogen-bond acceptors (Lipinski definition) is 4. The number of hydrogen-bond donors (Lipinski definition) is 3. The molecule has 0 unspecified atom stereocenters. The summed E-state index contributed by atoms with van der Waals surface area (Å²) in [4.78, 5) is 32.0. The van der Waals surface area contributed by atoms with Crippen LogP contribution in [0.4, 0.5) is 21.9 Å². The zero-order valence-corrected chi connectivity index (χ0v) is 20.0. The van der Waals surface area contributed by atoms with Gasteiger partial charge in [-0.2, -0.15) is 0 Å². The minimum Gasteiger partial charge on any atom is -0.371 e. The normalized spacial score (nSPS) is 13.3. The SMILES string of the molecule is O=C(Nc1ccc(Cl)c(Cl)c1)Nc1ccc(N2CCCCC2)c(C(=O)NCc2cccnc2)c1. The molecule has 1 saturated heterocycles. The van der Waals surface area contributed by atoms with Crippen LogP contribution in [0.3, 0.4) is 0 Å². The van der Waals surface area contributed by atoms with Gasteiger partial charge in [0.1, 0.15) is 0 Å². The Labute approximate surface area is 208 Å². The first-order chi connectivity index (χ1) is 16.5. The van der Waals surface area contributed by atoms with E-state index < -0.39 is 6.03 Å². The number of rotatable bonds is 6. The molecule has 9 heteroatoms. The average Bonchev–Trinajstić information content (AvgIpc) is 2.86. The van der Waals surface area contributed by atoms with Crippen LogP contribution in [-0.2, 0) is 6.54 Å². The van der Waals surface area contributed by atoms with E-state index in [-0.39, 0.29) is 5.91 Å². The van der Waals surface area contributed by atoms with Crippen LogP contribution >= 0.6 is 23.2 Å². The predicted octanol–water partition coefficient (Wildman–Crippen LogP) is 5.95. The zero-order chi connectivity index (χ0) is 23.9. The number of piperidine rings is 1. The molecular formula is C25H25Cl2N5O2. The number of anilines is 3. The number of carbonyl (C=O) groups excluding carboxylic acids is 2. The van der Waals surface area contributed by atoms with E-state index in [4.69, 9.17) is 23.2 Å². The molecule has 0 spiro atoms. The van der Waals surface area contributed by atoms with Crippen LogP contribution in [0.25, 0.3) is 0 Å². The van der Waals surface area contributed by atoms with Gasteiger partial charge in [0.15, 0.2) is 0 Å². The fourth-order valence-corrected chi connectivity index (χ4v) is 4.15. The third kappa shape index (κ3) is 6.18. The second kappa shape index (κ2) is 11.2. The van der Waals surface area contributed by atoms with E-state index in [9.17, 15) is 9.59 Å². The van der Waals surface area contributed by atoms with E-state index in [1.807, 2.05) is 18.2 Å². The molecule has 0 aliphatic carbocycles. The number of nitrogens with zero attached hydrogens (tertiary/aromatic N) is 2. The summed E-state index contributed by atoms with van der Waals surface area (Å²) in [5.41, 5.74) is 3.29. The van der Waals surface area contributed by atoms with Gasteiger partial charge in [-0.05, 0) is 67.3 Å². The molecule has 1 aromatic heterocycles. The standard InChI is InChI=1S/C25H25Cl2N5O2/c26-21-8-6-19(14-22(21)27)31-25(34)30-18-7-9-23(32-11-2-1-3-12-32)20(13-18)24(33)29-16-17-5-4-10-28-15-17/h4-10,13-15H,1-3,11-12,16H2,(H,29,33)(H2,30,31,34). The van der Waals surface area contributed by atoms with Crippen molar-refractivity contribution in [2.24, 2.45) is 0 Å². The molecule has 0 bridgehead atoms. The number of nitrogens with one attached hydrogen (secondary N) is 3. The Morgan fingerprint density at radius 3 is 2.35 bits per heavy atom. The number of amides is 3. The van der Waals surface area contributed by atoms with Crippen LogP contribution < -0.4 is 20.9 Å². The molecule has 4 rings (SSSR count). The minimum absolute atomic E-state index is 0.210. The monoisotopic (exact) mass is 497 g/mol. The smallest absolute Gasteiger partial charge is 0.323 e. The van der Waals surface area contributed by atoms with E-state index >= 15 is 0 Å². The molecule has 1 aliphatic heterocycles. The maximum atomic E-state index is 13.2. The Balaban J connectivity index is 1.51. The molecule has 176 valence electrons. The number of carbonyl (C=O) groups is 2. The van der Waals surface area contributed by atoms with Gasteiger partial charge in [0, 0.05) is 49.1 Å². The van der Waals surface area contributed by atoms with Crippen molar-refractivity contribution in [2.75, 3.05) is 28.6 Å². The van der Waals surface area contributed by atoms with Gasteiger partial charge in [-0.25, -0.2) is 4.79 Å². The van der Waals surface area contributed by atoms with Crippen LogP contribution in [0.15, 0.2) is 60.9 Å². The summed E-state index contributed by atoms with van der Waals surface area (Å²) in [6, 6.07) is 13.5. The van der Waals surface area contributed by atoms with Gasteiger partial charge >= 0.3 is 6.03 Å². The molecule has 34 heavy (non-hydrogen) atoms. The van der Waals surface area contributed by atoms with Crippen LogP contribution in [0.1, 0.15) is 35.2 Å². The van der Waals surface area contributed by atoms with Gasteiger partial charge in [0.05, 0.1) is 15.6 Å². The lowest BCUT2D eigenvalue weighted by Crippen LogP contribution is -2.33. The van der Waals surface area contributed by atoms with Gasteiger partial charge in [0.2, 0.25) is 0 Å². The molecule has 3 N–H and O–H groups in total. The Hall–Kier alpha value is -3.29. The molecule has 1 fully saturated rings. The molecule has 1 aliphatic rings. The van der Waals surface area contributed by atoms with E-state index in [1.165, 1.54) is 6.42 Å². The van der Waals surface area contributed by atoms with Crippen molar-refractivity contribution in [3.8, 4) is 0 Å². The molecule has 2 heterocycles. The quantitative estimate of drug-likeness (QED) is 0.392. The number of urea groups is 1. The Bertz CT molecular complexity index is 1170. The first-order valence-electron chi connectivity index (χ1n) is 11.1. The molecule has 2 aromatic carbocycles. The highest BCUT2D eigenvalue weighted by Crippen LogP contribution is 2.28. The van der Waals surface area contributed by atoms with Crippen molar-refractivity contribution in [1.82, 2.24) is 10.3 Å². The number of benzene rings is 2. The van der Waals surface area contributed by atoms with Crippen molar-refractivity contribution in [3.63, 3.8) is 0 Å². The Morgan fingerprint density at radius 1 is 0.912 bits per heavy atom. The maximum Gasteiger partial charge on any atom is 0.323 e. The second-order valence-corrected chi connectivity index (χ2v) is 8.85. The van der Waals surface area contributed by atoms with Gasteiger partial charge < -0.3 is 20.9 Å². The van der Waals surface area contributed by atoms with E-state index in [0.29, 0.717) is 33.5 Å². The summed E-state index contributed by atoms with van der Waals surface area (Å²) in [5, 5.41) is 9.23. The van der Waals surface area contributed by atoms with Gasteiger partial charge in [-0.15, -0.1) is 0 Å². The minimum atomic E-state index is -0.453. The molecule has 0 atom stereocenters. The molecule has 0 saturated carbocycles. The van der Waals surface area contributed by atoms with Crippen molar-refractivity contribution in [2.45, 2.75) is 25.8 Å². The van der Waals surface area contributed by atoms with Gasteiger partial charge in [-0.3, -0.25) is 9.78 Å². The van der Waals surface area contributed by atoms with Gasteiger partial charge in [0.25, 0.3) is 5.91 Å². The van der Waals surface area contributed by atoms with E-state index in [0.717, 1.165) is 37.2 Å². The lowest BCUT2D eigenvalue weighted by molar-refractivity contribution is 0.0951. The lowest BCUT2D eigenvalue weighted by atomic mass is 10.1. The topological polar surface area (TPSA) is 86.4 Å². The predicted molar refractivity (Wildman–Crippen MR) is 137 cm³/mol. The Kier molecular flexibility index (Phi) is 7.87. The molecule has 3 aromatic rings. The fourth-order valence-electron chi connectivity index (χ4n) is 3.85. The average molecular weight is 498 g/mol. The molecule has 7 nitrogen and oxygen atoms in total. The summed E-state index contributed by atoms with van der Waals surface area (Å²) >= 11 is 12.0. The fraction of sp³-hybridized carbons (Fsp3) is 0.240. The summed E-state index contributed by atoms with van der Waals surface area (Å²) in [6.45, 7) is 2.16. The van der Waals surface area contributed by atoms with Crippen molar-refractivity contribution in [3.05, 3.63) is 82.1 Å². The first kappa shape index (κ1) is 23.9. The van der Waals surface area contributed by atoms with E-state index in [2.05, 4.69) is 25.8 Å². The van der Waals surface area contributed by atoms with Crippen molar-refractivity contribution >= 4 is 52.2 Å². The summed E-state index contributed by atoms with van der Waals surface area (Å²) in [6.07, 6.45) is 6.77. The highest BCUT2D eigenvalue weighted by Gasteiger charge is 2.20. The third-order valence-electron chi connectivity index (χ3n) is 5.55. The number of pyridine rings is 1. The zero-order valence-electron chi connectivity index (χ0n) is 18.5. The van der Waals surface area contributed by atoms with Crippen molar-refractivity contribution in [1.29, 1.82) is 0 Å². The highest BCUT2D eigenvalue weighted by atomic mass is 35.5. The van der Waals surface area contributed by atoms with Gasteiger partial charge in [-0.1, -0.05) is 29.3 Å². The second-order valence-electron chi connectivity index (χ2n) is 8.03. The number of halogens is 2. The third-order valence-corrected chi connectivity index (χ3v) is 6.29. The molecular weight excluding hydrogens is 473 g/mol. The number of aromatic nitrogens is 1. The van der Waals surface area contributed by atoms with Crippen LogP contribution in [0, 0.1) is 0 Å². The van der Waals surface area contributed by atoms with Crippen LogP contribution in [0.5, 0.6) is 0 Å².